The fourth-order valence-corrected chi connectivity index (χ4v) is 5.28. The predicted molar refractivity (Wildman–Crippen MR) is 161 cm³/mol. The maximum absolute atomic E-state index is 4.82. The SMILES string of the molecule is CC(C)N(c1ccccc1)c1ccc(Nc2nc(-c3ccc(-n4cc(-c5ccccc5)nn4)cc3)cs2)cc1. The zero-order chi connectivity index (χ0) is 26.6. The molecule has 0 fully saturated rings. The summed E-state index contributed by atoms with van der Waals surface area (Å²) in [6.45, 7) is 4.41. The van der Waals surface area contributed by atoms with Gasteiger partial charge in [-0.3, -0.25) is 0 Å². The van der Waals surface area contributed by atoms with E-state index in [-0.39, 0.29) is 0 Å². The van der Waals surface area contributed by atoms with E-state index in [0.29, 0.717) is 6.04 Å². The second-order valence-electron chi connectivity index (χ2n) is 9.47. The summed E-state index contributed by atoms with van der Waals surface area (Å²) in [5.74, 6) is 0. The third-order valence-electron chi connectivity index (χ3n) is 6.44. The van der Waals surface area contributed by atoms with E-state index in [1.807, 2.05) is 54.7 Å². The van der Waals surface area contributed by atoms with E-state index in [0.717, 1.165) is 44.7 Å². The first-order valence-corrected chi connectivity index (χ1v) is 13.8. The second kappa shape index (κ2) is 10.9. The molecule has 2 aromatic heterocycles. The smallest absolute Gasteiger partial charge is 0.187 e. The monoisotopic (exact) mass is 528 g/mol. The molecule has 0 radical (unpaired) electrons. The van der Waals surface area contributed by atoms with Crippen molar-refractivity contribution in [3.63, 3.8) is 0 Å². The van der Waals surface area contributed by atoms with Crippen molar-refractivity contribution in [3.8, 4) is 28.2 Å². The van der Waals surface area contributed by atoms with Crippen molar-refractivity contribution in [1.29, 1.82) is 0 Å². The van der Waals surface area contributed by atoms with Crippen molar-refractivity contribution in [2.45, 2.75) is 19.9 Å². The van der Waals surface area contributed by atoms with Crippen LogP contribution in [0.5, 0.6) is 0 Å². The van der Waals surface area contributed by atoms with Crippen molar-refractivity contribution in [3.05, 3.63) is 121 Å². The van der Waals surface area contributed by atoms with Crippen LogP contribution in [0.4, 0.5) is 22.2 Å². The number of benzene rings is 4. The highest BCUT2D eigenvalue weighted by molar-refractivity contribution is 7.14. The Morgan fingerprint density at radius 3 is 2.05 bits per heavy atom. The average Bonchev–Trinajstić information content (AvgIpc) is 3.66. The molecule has 0 bridgehead atoms. The van der Waals surface area contributed by atoms with E-state index in [2.05, 4.69) is 100 Å². The number of nitrogens with one attached hydrogen (secondary N) is 1. The van der Waals surface area contributed by atoms with Crippen molar-refractivity contribution in [1.82, 2.24) is 20.0 Å². The van der Waals surface area contributed by atoms with Crippen LogP contribution in [0.1, 0.15) is 13.8 Å². The van der Waals surface area contributed by atoms with Crippen molar-refractivity contribution >= 4 is 33.5 Å². The van der Waals surface area contributed by atoms with Gasteiger partial charge in [-0.2, -0.15) is 0 Å². The standard InChI is InChI=1S/C32H28N6S/c1-23(2)38(28-11-7-4-8-12-28)29-19-15-26(16-20-29)33-32-34-31(22-39-32)25-13-17-27(18-14-25)37-21-30(35-36-37)24-9-5-3-6-10-24/h3-23H,1-2H3,(H,33,34). The van der Waals surface area contributed by atoms with Crippen LogP contribution in [0, 0.1) is 0 Å². The molecule has 6 nitrogen and oxygen atoms in total. The lowest BCUT2D eigenvalue weighted by Crippen LogP contribution is -2.25. The van der Waals surface area contributed by atoms with Gasteiger partial charge in [0.25, 0.3) is 0 Å². The number of aromatic nitrogens is 4. The van der Waals surface area contributed by atoms with E-state index < -0.39 is 0 Å². The molecule has 0 atom stereocenters. The van der Waals surface area contributed by atoms with Crippen LogP contribution < -0.4 is 10.2 Å². The maximum Gasteiger partial charge on any atom is 0.187 e. The maximum atomic E-state index is 4.82. The Hall–Kier alpha value is -4.75. The molecule has 6 aromatic rings. The first kappa shape index (κ1) is 24.6. The fraction of sp³-hybridized carbons (Fsp3) is 0.0938. The van der Waals surface area contributed by atoms with Gasteiger partial charge in [0.1, 0.15) is 5.69 Å². The summed E-state index contributed by atoms with van der Waals surface area (Å²) in [6.07, 6.45) is 1.95. The highest BCUT2D eigenvalue weighted by Gasteiger charge is 2.13. The number of hydrogen-bond donors (Lipinski definition) is 1. The zero-order valence-corrected chi connectivity index (χ0v) is 22.6. The lowest BCUT2D eigenvalue weighted by molar-refractivity contribution is 0.789. The van der Waals surface area contributed by atoms with Crippen LogP contribution in [0.15, 0.2) is 121 Å². The van der Waals surface area contributed by atoms with Crippen LogP contribution >= 0.6 is 11.3 Å². The van der Waals surface area contributed by atoms with Gasteiger partial charge in [-0.05, 0) is 62.4 Å². The summed E-state index contributed by atoms with van der Waals surface area (Å²) in [6, 6.07) is 37.6. The largest absolute Gasteiger partial charge is 0.339 e. The Morgan fingerprint density at radius 2 is 1.36 bits per heavy atom. The number of nitrogens with zero attached hydrogens (tertiary/aromatic N) is 5. The Bertz CT molecular complexity index is 1640. The topological polar surface area (TPSA) is 58.9 Å². The van der Waals surface area contributed by atoms with Crippen molar-refractivity contribution in [2.24, 2.45) is 0 Å². The minimum atomic E-state index is 0.342. The van der Waals surface area contributed by atoms with Gasteiger partial charge in [0, 0.05) is 39.6 Å². The molecule has 2 heterocycles. The molecule has 0 amide bonds. The molecule has 0 unspecified atom stereocenters. The van der Waals surface area contributed by atoms with Gasteiger partial charge in [0.2, 0.25) is 0 Å². The van der Waals surface area contributed by atoms with Gasteiger partial charge < -0.3 is 10.2 Å². The van der Waals surface area contributed by atoms with Crippen LogP contribution in [-0.4, -0.2) is 26.0 Å². The minimum Gasteiger partial charge on any atom is -0.339 e. The van der Waals surface area contributed by atoms with Crippen LogP contribution in [-0.2, 0) is 0 Å². The highest BCUT2D eigenvalue weighted by atomic mass is 32.1. The summed E-state index contributed by atoms with van der Waals surface area (Å²) in [5.41, 5.74) is 8.18. The molecule has 0 aliphatic carbocycles. The number of rotatable bonds is 8. The van der Waals surface area contributed by atoms with Gasteiger partial charge in [-0.1, -0.05) is 65.9 Å². The normalized spacial score (nSPS) is 11.1. The minimum absolute atomic E-state index is 0.342. The summed E-state index contributed by atoms with van der Waals surface area (Å²) < 4.78 is 1.79. The summed E-state index contributed by atoms with van der Waals surface area (Å²) in [4.78, 5) is 7.15. The third kappa shape index (κ3) is 5.44. The van der Waals surface area contributed by atoms with Crippen LogP contribution in [0.3, 0.4) is 0 Å². The molecule has 39 heavy (non-hydrogen) atoms. The molecule has 192 valence electrons. The summed E-state index contributed by atoms with van der Waals surface area (Å²) >= 11 is 1.59. The Morgan fingerprint density at radius 1 is 0.718 bits per heavy atom. The zero-order valence-electron chi connectivity index (χ0n) is 21.8. The van der Waals surface area contributed by atoms with Gasteiger partial charge in [0.15, 0.2) is 5.13 Å². The van der Waals surface area contributed by atoms with Crippen LogP contribution in [0.25, 0.3) is 28.2 Å². The van der Waals surface area contributed by atoms with E-state index in [4.69, 9.17) is 4.98 Å². The number of thiazole rings is 1. The molecule has 0 aliphatic heterocycles. The van der Waals surface area contributed by atoms with Gasteiger partial charge in [-0.15, -0.1) is 16.4 Å². The van der Waals surface area contributed by atoms with E-state index in [1.165, 1.54) is 5.69 Å². The summed E-state index contributed by atoms with van der Waals surface area (Å²) in [5, 5.41) is 15.0. The predicted octanol–water partition coefficient (Wildman–Crippen LogP) is 8.35. The Balaban J connectivity index is 1.14. The molecule has 0 saturated carbocycles. The molecule has 4 aromatic carbocycles. The number of para-hydroxylation sites is 1. The first-order valence-electron chi connectivity index (χ1n) is 12.9. The second-order valence-corrected chi connectivity index (χ2v) is 10.3. The average molecular weight is 529 g/mol. The number of hydrogen-bond acceptors (Lipinski definition) is 6. The molecular weight excluding hydrogens is 500 g/mol. The fourth-order valence-electron chi connectivity index (χ4n) is 4.54. The van der Waals surface area contributed by atoms with Crippen molar-refractivity contribution in [2.75, 3.05) is 10.2 Å². The Labute approximate surface area is 232 Å². The molecule has 1 N–H and O–H groups in total. The quantitative estimate of drug-likeness (QED) is 0.215. The van der Waals surface area contributed by atoms with E-state index in [9.17, 15) is 0 Å². The lowest BCUT2D eigenvalue weighted by Gasteiger charge is -2.29. The van der Waals surface area contributed by atoms with Crippen LogP contribution in [0.2, 0.25) is 0 Å². The van der Waals surface area contributed by atoms with Gasteiger partial charge in [0.05, 0.1) is 17.6 Å². The molecule has 0 spiro atoms. The number of anilines is 4. The van der Waals surface area contributed by atoms with Gasteiger partial charge in [-0.25, -0.2) is 9.67 Å². The van der Waals surface area contributed by atoms with Crippen molar-refractivity contribution < 1.29 is 0 Å². The molecule has 0 aliphatic rings. The van der Waals surface area contributed by atoms with Gasteiger partial charge >= 0.3 is 0 Å². The summed E-state index contributed by atoms with van der Waals surface area (Å²) in [7, 11) is 0. The molecule has 6 rings (SSSR count). The lowest BCUT2D eigenvalue weighted by atomic mass is 10.1. The highest BCUT2D eigenvalue weighted by Crippen LogP contribution is 2.31. The van der Waals surface area contributed by atoms with E-state index >= 15 is 0 Å². The Kier molecular flexibility index (Phi) is 6.89. The molecular formula is C32H28N6S. The third-order valence-corrected chi connectivity index (χ3v) is 7.20. The molecule has 7 heteroatoms. The molecule has 0 saturated heterocycles. The van der Waals surface area contributed by atoms with E-state index in [1.54, 1.807) is 16.0 Å². The first-order chi connectivity index (χ1) is 19.1.